The van der Waals surface area contributed by atoms with E-state index in [-0.39, 0.29) is 16.7 Å². The first-order valence-corrected chi connectivity index (χ1v) is 7.11. The number of carbonyl (C=O) groups is 1. The van der Waals surface area contributed by atoms with Gasteiger partial charge < -0.3 is 15.2 Å². The highest BCUT2D eigenvalue weighted by Gasteiger charge is 2.18. The van der Waals surface area contributed by atoms with Crippen molar-refractivity contribution in [2.45, 2.75) is 26.2 Å². The Hall–Kier alpha value is -2.49. The van der Waals surface area contributed by atoms with Crippen LogP contribution in [0.15, 0.2) is 42.5 Å². The molecule has 0 aliphatic heterocycles. The van der Waals surface area contributed by atoms with Crippen LogP contribution in [-0.4, -0.2) is 18.1 Å². The van der Waals surface area contributed by atoms with Crippen molar-refractivity contribution in [3.63, 3.8) is 0 Å². The summed E-state index contributed by atoms with van der Waals surface area (Å²) in [5.41, 5.74) is 2.04. The molecule has 0 unspecified atom stereocenters. The zero-order valence-electron chi connectivity index (χ0n) is 13.3. The van der Waals surface area contributed by atoms with Gasteiger partial charge in [0, 0.05) is 5.69 Å². The van der Waals surface area contributed by atoms with Crippen LogP contribution >= 0.6 is 0 Å². The topological polar surface area (TPSA) is 58.6 Å². The third kappa shape index (κ3) is 3.39. The van der Waals surface area contributed by atoms with E-state index >= 15 is 0 Å². The van der Waals surface area contributed by atoms with Gasteiger partial charge in [0.1, 0.15) is 17.1 Å². The molecule has 2 rings (SSSR count). The average Bonchev–Trinajstić information content (AvgIpc) is 2.46. The Morgan fingerprint density at radius 1 is 1.09 bits per heavy atom. The molecule has 0 saturated carbocycles. The van der Waals surface area contributed by atoms with Gasteiger partial charge in [-0.25, -0.2) is 0 Å². The number of amides is 1. The third-order valence-electron chi connectivity index (χ3n) is 3.46. The highest BCUT2D eigenvalue weighted by Crippen LogP contribution is 2.29. The Labute approximate surface area is 130 Å². The van der Waals surface area contributed by atoms with Crippen LogP contribution in [-0.2, 0) is 5.41 Å². The summed E-state index contributed by atoms with van der Waals surface area (Å²) >= 11 is 0. The molecule has 2 aromatic rings. The van der Waals surface area contributed by atoms with Gasteiger partial charge in [0.2, 0.25) is 0 Å². The molecule has 0 heterocycles. The molecule has 0 aromatic heterocycles. The summed E-state index contributed by atoms with van der Waals surface area (Å²) in [4.78, 5) is 12.3. The van der Waals surface area contributed by atoms with Crippen LogP contribution in [0, 0.1) is 0 Å². The number of anilines is 1. The number of ether oxygens (including phenoxy) is 1. The number of benzene rings is 2. The lowest BCUT2D eigenvalue weighted by molar-refractivity contribution is 0.102. The van der Waals surface area contributed by atoms with E-state index in [1.54, 1.807) is 12.1 Å². The first kappa shape index (κ1) is 15.9. The fourth-order valence-corrected chi connectivity index (χ4v) is 2.17. The fourth-order valence-electron chi connectivity index (χ4n) is 2.17. The maximum absolute atomic E-state index is 12.3. The predicted octanol–water partition coefficient (Wildman–Crippen LogP) is 3.95. The van der Waals surface area contributed by atoms with Crippen LogP contribution in [0.4, 0.5) is 5.69 Å². The highest BCUT2D eigenvalue weighted by atomic mass is 16.5. The molecule has 2 N–H and O–H groups in total. The van der Waals surface area contributed by atoms with Crippen LogP contribution in [0.1, 0.15) is 36.7 Å². The molecule has 0 radical (unpaired) electrons. The Kier molecular flexibility index (Phi) is 4.40. The van der Waals surface area contributed by atoms with Crippen LogP contribution in [0.3, 0.4) is 0 Å². The molecule has 4 nitrogen and oxygen atoms in total. The summed E-state index contributed by atoms with van der Waals surface area (Å²) in [6.45, 7) is 6.40. The van der Waals surface area contributed by atoms with Gasteiger partial charge in [-0.15, -0.1) is 0 Å². The average molecular weight is 299 g/mol. The van der Waals surface area contributed by atoms with Crippen molar-refractivity contribution in [3.05, 3.63) is 53.6 Å². The molecule has 0 fully saturated rings. The minimum Gasteiger partial charge on any atom is -0.507 e. The minimum atomic E-state index is -0.404. The maximum Gasteiger partial charge on any atom is 0.263 e. The second-order valence-electron chi connectivity index (χ2n) is 6.14. The van der Waals surface area contributed by atoms with Gasteiger partial charge in [-0.1, -0.05) is 39.0 Å². The van der Waals surface area contributed by atoms with Crippen molar-refractivity contribution in [3.8, 4) is 11.5 Å². The lowest BCUT2D eigenvalue weighted by Gasteiger charge is -2.19. The fraction of sp³-hybridized carbons (Fsp3) is 0.278. The Bertz CT molecular complexity index is 670. The zero-order valence-corrected chi connectivity index (χ0v) is 13.3. The van der Waals surface area contributed by atoms with Gasteiger partial charge in [0.05, 0.1) is 7.11 Å². The van der Waals surface area contributed by atoms with E-state index in [0.717, 1.165) is 0 Å². The van der Waals surface area contributed by atoms with E-state index in [2.05, 4.69) is 26.1 Å². The standard InChI is InChI=1S/C18H21NO3/c1-18(2,3)12-8-10-13(11-9-12)19-17(21)16-14(20)6-5-7-15(16)22-4/h5-11,20H,1-4H3,(H,19,21). The van der Waals surface area contributed by atoms with Crippen molar-refractivity contribution < 1.29 is 14.6 Å². The van der Waals surface area contributed by atoms with Crippen LogP contribution in [0.5, 0.6) is 11.5 Å². The second kappa shape index (κ2) is 6.10. The summed E-state index contributed by atoms with van der Waals surface area (Å²) in [7, 11) is 1.46. The molecule has 22 heavy (non-hydrogen) atoms. The van der Waals surface area contributed by atoms with E-state index in [1.807, 2.05) is 24.3 Å². The number of aromatic hydroxyl groups is 1. The molecular weight excluding hydrogens is 278 g/mol. The summed E-state index contributed by atoms with van der Waals surface area (Å²) < 4.78 is 5.13. The molecule has 0 aliphatic carbocycles. The van der Waals surface area contributed by atoms with Crippen molar-refractivity contribution in [2.24, 2.45) is 0 Å². The smallest absolute Gasteiger partial charge is 0.263 e. The number of carbonyl (C=O) groups excluding carboxylic acids is 1. The first-order valence-electron chi connectivity index (χ1n) is 7.11. The van der Waals surface area contributed by atoms with Gasteiger partial charge in [-0.05, 0) is 35.2 Å². The lowest BCUT2D eigenvalue weighted by atomic mass is 9.87. The van der Waals surface area contributed by atoms with Crippen LogP contribution in [0.25, 0.3) is 0 Å². The lowest BCUT2D eigenvalue weighted by Crippen LogP contribution is -2.14. The third-order valence-corrected chi connectivity index (χ3v) is 3.46. The Morgan fingerprint density at radius 3 is 2.27 bits per heavy atom. The largest absolute Gasteiger partial charge is 0.507 e. The van der Waals surface area contributed by atoms with Crippen molar-refractivity contribution in [1.29, 1.82) is 0 Å². The summed E-state index contributed by atoms with van der Waals surface area (Å²) in [6.07, 6.45) is 0. The summed E-state index contributed by atoms with van der Waals surface area (Å²) in [5.74, 6) is -0.176. The molecule has 0 saturated heterocycles. The number of nitrogens with one attached hydrogen (secondary N) is 1. The normalized spacial score (nSPS) is 11.1. The molecule has 2 aromatic carbocycles. The molecule has 116 valence electrons. The monoisotopic (exact) mass is 299 g/mol. The van der Waals surface area contributed by atoms with Crippen molar-refractivity contribution in [2.75, 3.05) is 12.4 Å². The molecule has 0 spiro atoms. The van der Waals surface area contributed by atoms with Gasteiger partial charge >= 0.3 is 0 Å². The first-order chi connectivity index (χ1) is 10.3. The molecule has 1 amide bonds. The van der Waals surface area contributed by atoms with E-state index < -0.39 is 5.91 Å². The number of methoxy groups -OCH3 is 1. The number of hydrogen-bond donors (Lipinski definition) is 2. The SMILES string of the molecule is COc1cccc(O)c1C(=O)Nc1ccc(C(C)(C)C)cc1. The van der Waals surface area contributed by atoms with Crippen LogP contribution in [0.2, 0.25) is 0 Å². The van der Waals surface area contributed by atoms with E-state index in [0.29, 0.717) is 11.4 Å². The van der Waals surface area contributed by atoms with E-state index in [4.69, 9.17) is 4.74 Å². The maximum atomic E-state index is 12.3. The number of phenolic OH excluding ortho intramolecular Hbond substituents is 1. The van der Waals surface area contributed by atoms with Gasteiger partial charge in [0.25, 0.3) is 5.91 Å². The summed E-state index contributed by atoms with van der Waals surface area (Å²) in [5, 5.41) is 12.7. The van der Waals surface area contributed by atoms with Gasteiger partial charge in [-0.2, -0.15) is 0 Å². The molecule has 4 heteroatoms. The minimum absolute atomic E-state index is 0.0590. The number of phenols is 1. The quantitative estimate of drug-likeness (QED) is 0.902. The highest BCUT2D eigenvalue weighted by molar-refractivity contribution is 6.08. The van der Waals surface area contributed by atoms with E-state index in [1.165, 1.54) is 18.7 Å². The van der Waals surface area contributed by atoms with Gasteiger partial charge in [0.15, 0.2) is 0 Å². The molecule has 0 bridgehead atoms. The molecule has 0 atom stereocenters. The van der Waals surface area contributed by atoms with Crippen LogP contribution < -0.4 is 10.1 Å². The molecule has 0 aliphatic rings. The second-order valence-corrected chi connectivity index (χ2v) is 6.14. The number of hydrogen-bond acceptors (Lipinski definition) is 3. The number of rotatable bonds is 3. The zero-order chi connectivity index (χ0) is 16.3. The van der Waals surface area contributed by atoms with Crippen molar-refractivity contribution >= 4 is 11.6 Å². The van der Waals surface area contributed by atoms with E-state index in [9.17, 15) is 9.90 Å². The Morgan fingerprint density at radius 2 is 1.73 bits per heavy atom. The molecular formula is C18H21NO3. The summed E-state index contributed by atoms with van der Waals surface area (Å²) in [6, 6.07) is 12.4. The Balaban J connectivity index is 2.23. The predicted molar refractivity (Wildman–Crippen MR) is 87.8 cm³/mol. The van der Waals surface area contributed by atoms with Crippen molar-refractivity contribution in [1.82, 2.24) is 0 Å². The van der Waals surface area contributed by atoms with Gasteiger partial charge in [-0.3, -0.25) is 4.79 Å².